The molecule has 10 heavy (non-hydrogen) atoms. The van der Waals surface area contributed by atoms with Crippen molar-refractivity contribution in [2.75, 3.05) is 0 Å². The van der Waals surface area contributed by atoms with Crippen LogP contribution in [0.15, 0.2) is 35.1 Å². The number of hydrogen-bond acceptors (Lipinski definition) is 2. The third kappa shape index (κ3) is 2.20. The number of hydrogen-bond donors (Lipinski definition) is 1. The number of aromatic hydroxyl groups is 1. The summed E-state index contributed by atoms with van der Waals surface area (Å²) < 4.78 is 0. The fourth-order valence-electron chi connectivity index (χ4n) is 0.521. The van der Waals surface area contributed by atoms with Crippen molar-refractivity contribution in [2.24, 2.45) is 0 Å². The second kappa shape index (κ2) is 4.08. The van der Waals surface area contributed by atoms with Gasteiger partial charge in [0.1, 0.15) is 0 Å². The van der Waals surface area contributed by atoms with E-state index in [4.69, 9.17) is 5.11 Å². The van der Waals surface area contributed by atoms with Crippen molar-refractivity contribution in [1.29, 1.82) is 0 Å². The molecule has 0 bridgehead atoms. The molecule has 0 fully saturated rings. The van der Waals surface area contributed by atoms with Crippen LogP contribution in [0, 0.1) is 0 Å². The monoisotopic (exact) mass is 181 g/mol. The second-order valence-electron chi connectivity index (χ2n) is 1.66. The molecule has 0 saturated heterocycles. The average Bonchev–Trinajstić information content (AvgIpc) is 1.99. The van der Waals surface area contributed by atoms with E-state index in [9.17, 15) is 4.79 Å². The van der Waals surface area contributed by atoms with Crippen LogP contribution in [0.1, 0.15) is 0 Å². The molecule has 0 spiro atoms. The third-order valence-electron chi connectivity index (χ3n) is 0.976. The smallest absolute Gasteiger partial charge is 0.220 e. The molecule has 0 heterocycles. The third-order valence-corrected chi connectivity index (χ3v) is 0.976. The minimum atomic E-state index is -0.347. The fraction of sp³-hybridized carbons (Fsp3) is 0. The summed E-state index contributed by atoms with van der Waals surface area (Å²) in [6.45, 7) is 0. The van der Waals surface area contributed by atoms with E-state index >= 15 is 0 Å². The maximum Gasteiger partial charge on any atom is 0.220 e. The van der Waals surface area contributed by atoms with Gasteiger partial charge in [-0.25, -0.2) is 0 Å². The van der Waals surface area contributed by atoms with Crippen LogP contribution in [-0.2, 0) is 16.8 Å². The van der Waals surface area contributed by atoms with Gasteiger partial charge in [-0.1, -0.05) is 18.2 Å². The molecule has 1 radical (unpaired) electrons. The summed E-state index contributed by atoms with van der Waals surface area (Å²) in [5, 5.41) is 8.77. The second-order valence-corrected chi connectivity index (χ2v) is 1.66. The van der Waals surface area contributed by atoms with Crippen LogP contribution in [-0.4, -0.2) is 5.11 Å². The van der Waals surface area contributed by atoms with Crippen LogP contribution in [0.2, 0.25) is 0 Å². The van der Waals surface area contributed by atoms with Crippen molar-refractivity contribution in [3.8, 4) is 5.75 Å². The molecule has 0 aliphatic heterocycles. The van der Waals surface area contributed by atoms with Crippen LogP contribution in [0.5, 0.6) is 5.75 Å². The van der Waals surface area contributed by atoms with Crippen LogP contribution >= 0.6 is 0 Å². The average molecular weight is 181 g/mol. The summed E-state index contributed by atoms with van der Waals surface area (Å²) in [6.07, 6.45) is 0. The fourth-order valence-corrected chi connectivity index (χ4v) is 0.521. The van der Waals surface area contributed by atoms with Crippen molar-refractivity contribution in [3.63, 3.8) is 0 Å². The van der Waals surface area contributed by atoms with Crippen molar-refractivity contribution in [1.82, 2.24) is 0 Å². The van der Waals surface area contributed by atoms with E-state index in [-0.39, 0.29) is 28.0 Å². The van der Waals surface area contributed by atoms with Crippen molar-refractivity contribution >= 4 is 0 Å². The quantitative estimate of drug-likeness (QED) is 0.641. The molecule has 3 heteroatoms. The van der Waals surface area contributed by atoms with Gasteiger partial charge < -0.3 is 5.11 Å². The van der Waals surface area contributed by atoms with Crippen LogP contribution in [0.4, 0.5) is 0 Å². The Hall–Kier alpha value is -0.804. The Bertz CT molecular complexity index is 259. The first-order chi connectivity index (χ1) is 4.30. The maximum absolute atomic E-state index is 10.6. The molecule has 0 atom stereocenters. The molecule has 1 aromatic rings. The molecule has 0 saturated carbocycles. The summed E-state index contributed by atoms with van der Waals surface area (Å²) in [5.74, 6) is -0.208. The Morgan fingerprint density at radius 3 is 2.40 bits per heavy atom. The summed E-state index contributed by atoms with van der Waals surface area (Å²) in [6, 6.07) is 7.55. The molecule has 1 rings (SSSR count). The van der Waals surface area contributed by atoms with E-state index in [0.29, 0.717) is 0 Å². The largest absolute Gasteiger partial charge is 0.504 e. The molecule has 0 aliphatic rings. The van der Waals surface area contributed by atoms with Gasteiger partial charge in [-0.2, -0.15) is 0 Å². The molecule has 0 unspecified atom stereocenters. The van der Waals surface area contributed by atoms with Crippen LogP contribution < -0.4 is 5.43 Å². The Kier molecular flexibility index (Phi) is 3.75. The molecular formula is C7H6CoO2. The Morgan fingerprint density at radius 1 is 1.10 bits per heavy atom. The van der Waals surface area contributed by atoms with E-state index in [0.717, 1.165) is 0 Å². The zero-order valence-electron chi connectivity index (χ0n) is 5.08. The van der Waals surface area contributed by atoms with Crippen molar-refractivity contribution < 1.29 is 21.9 Å². The van der Waals surface area contributed by atoms with Crippen molar-refractivity contribution in [2.45, 2.75) is 0 Å². The van der Waals surface area contributed by atoms with Gasteiger partial charge in [0.05, 0.1) is 0 Å². The zero-order chi connectivity index (χ0) is 6.69. The molecule has 55 valence electrons. The summed E-state index contributed by atoms with van der Waals surface area (Å²) in [5.41, 5.74) is -0.347. The predicted molar refractivity (Wildman–Crippen MR) is 34.4 cm³/mol. The van der Waals surface area contributed by atoms with E-state index < -0.39 is 0 Å². The first-order valence-corrected chi connectivity index (χ1v) is 2.59. The van der Waals surface area contributed by atoms with E-state index in [1.54, 1.807) is 18.2 Å². The van der Waals surface area contributed by atoms with Gasteiger partial charge in [0, 0.05) is 16.8 Å². The van der Waals surface area contributed by atoms with Crippen LogP contribution in [0.3, 0.4) is 0 Å². The van der Waals surface area contributed by atoms with E-state index in [1.165, 1.54) is 12.1 Å². The molecular weight excluding hydrogens is 175 g/mol. The topological polar surface area (TPSA) is 37.3 Å². The normalized spacial score (nSPS) is 8.00. The zero-order valence-corrected chi connectivity index (χ0v) is 6.12. The van der Waals surface area contributed by atoms with Gasteiger partial charge in [-0.15, -0.1) is 0 Å². The maximum atomic E-state index is 10.6. The SMILES string of the molecule is O=c1cccccc1O.[Co]. The summed E-state index contributed by atoms with van der Waals surface area (Å²) >= 11 is 0. The van der Waals surface area contributed by atoms with Gasteiger partial charge in [0.25, 0.3) is 0 Å². The minimum absolute atomic E-state index is 0. The summed E-state index contributed by atoms with van der Waals surface area (Å²) in [4.78, 5) is 10.6. The predicted octanol–water partition coefficient (Wildman–Crippen LogP) is 0.750. The molecule has 2 nitrogen and oxygen atoms in total. The Morgan fingerprint density at radius 2 is 1.70 bits per heavy atom. The standard InChI is InChI=1S/C7H6O2.Co/c8-6-4-2-1-3-5-7(6)9;/h1-5H,(H,8,9);. The summed E-state index contributed by atoms with van der Waals surface area (Å²) in [7, 11) is 0. The molecule has 0 amide bonds. The molecule has 1 N–H and O–H groups in total. The van der Waals surface area contributed by atoms with Crippen molar-refractivity contribution in [3.05, 3.63) is 40.6 Å². The molecule has 0 aromatic heterocycles. The van der Waals surface area contributed by atoms with Crippen LogP contribution in [0.25, 0.3) is 0 Å². The van der Waals surface area contributed by atoms with Gasteiger partial charge in [0.15, 0.2) is 5.75 Å². The van der Waals surface area contributed by atoms with Gasteiger partial charge in [0.2, 0.25) is 5.43 Å². The first-order valence-electron chi connectivity index (χ1n) is 2.59. The van der Waals surface area contributed by atoms with E-state index in [1.807, 2.05) is 0 Å². The first kappa shape index (κ1) is 9.20. The van der Waals surface area contributed by atoms with Gasteiger partial charge in [-0.05, 0) is 12.1 Å². The van der Waals surface area contributed by atoms with Gasteiger partial charge in [-0.3, -0.25) is 4.79 Å². The van der Waals surface area contributed by atoms with E-state index in [2.05, 4.69) is 0 Å². The Labute approximate surface area is 68.7 Å². The molecule has 0 aliphatic carbocycles. The Balaban J connectivity index is 0.000000810. The van der Waals surface area contributed by atoms with Gasteiger partial charge >= 0.3 is 0 Å². The molecule has 1 aromatic carbocycles. The number of rotatable bonds is 0. The minimum Gasteiger partial charge on any atom is -0.504 e.